The lowest BCUT2D eigenvalue weighted by molar-refractivity contribution is 0.0452. The molecule has 1 atom stereocenters. The molecular formula is C35H43N3O7S2. The third kappa shape index (κ3) is 7.76. The number of fused-ring (bicyclic) bond motifs is 2. The van der Waals surface area contributed by atoms with Crippen LogP contribution in [0.25, 0.3) is 31.6 Å². The van der Waals surface area contributed by atoms with Gasteiger partial charge >= 0.3 is 6.09 Å². The molecule has 0 radical (unpaired) electrons. The summed E-state index contributed by atoms with van der Waals surface area (Å²) in [5, 5.41) is 4.92. The number of carbonyl (C=O) groups excluding carboxylic acids is 2. The monoisotopic (exact) mass is 681 g/mol. The van der Waals surface area contributed by atoms with Crippen molar-refractivity contribution in [2.45, 2.75) is 71.1 Å². The van der Waals surface area contributed by atoms with E-state index < -0.39 is 21.8 Å². The molecule has 2 aromatic heterocycles. The van der Waals surface area contributed by atoms with Crippen molar-refractivity contribution in [2.24, 2.45) is 5.92 Å². The first-order chi connectivity index (χ1) is 22.3. The van der Waals surface area contributed by atoms with E-state index in [-0.39, 0.29) is 18.6 Å². The third-order valence-electron chi connectivity index (χ3n) is 8.58. The number of para-hydroxylation sites is 1. The summed E-state index contributed by atoms with van der Waals surface area (Å²) in [6.45, 7) is 7.31. The fourth-order valence-corrected chi connectivity index (χ4v) is 8.09. The van der Waals surface area contributed by atoms with Crippen LogP contribution in [-0.4, -0.2) is 74.6 Å². The Bertz CT molecular complexity index is 1920. The van der Waals surface area contributed by atoms with Gasteiger partial charge in [0, 0.05) is 52.2 Å². The summed E-state index contributed by atoms with van der Waals surface area (Å²) in [6, 6.07) is 14.0. The number of ether oxygens (including phenoxy) is 2. The van der Waals surface area contributed by atoms with Crippen molar-refractivity contribution in [3.63, 3.8) is 0 Å². The molecule has 1 unspecified atom stereocenters. The molecule has 0 bridgehead atoms. The minimum Gasteiger partial charge on any atom is -0.496 e. The molecule has 2 amide bonds. The third-order valence-corrected chi connectivity index (χ3v) is 10.4. The lowest BCUT2D eigenvalue weighted by Gasteiger charge is -2.33. The van der Waals surface area contributed by atoms with Gasteiger partial charge in [0.1, 0.15) is 11.4 Å². The van der Waals surface area contributed by atoms with E-state index in [4.69, 9.17) is 13.7 Å². The lowest BCUT2D eigenvalue weighted by Crippen LogP contribution is -2.50. The molecule has 2 aromatic carbocycles. The molecular weight excluding hydrogens is 639 g/mol. The highest BCUT2D eigenvalue weighted by molar-refractivity contribution is 7.85. The Balaban J connectivity index is 1.38. The predicted octanol–water partition coefficient (Wildman–Crippen LogP) is 6.59. The molecule has 4 aromatic rings. The highest BCUT2D eigenvalue weighted by Crippen LogP contribution is 2.46. The Labute approximate surface area is 280 Å². The molecule has 1 N–H and O–H groups in total. The molecule has 1 saturated carbocycles. The van der Waals surface area contributed by atoms with Gasteiger partial charge in [-0.05, 0) is 88.6 Å². The van der Waals surface area contributed by atoms with Gasteiger partial charge in [-0.2, -0.15) is 8.42 Å². The first-order valence-corrected chi connectivity index (χ1v) is 18.8. The summed E-state index contributed by atoms with van der Waals surface area (Å²) in [4.78, 5) is 29.2. The van der Waals surface area contributed by atoms with Crippen LogP contribution in [0, 0.1) is 5.92 Å². The molecule has 0 spiro atoms. The molecule has 2 fully saturated rings. The van der Waals surface area contributed by atoms with Crippen molar-refractivity contribution in [3.05, 3.63) is 53.6 Å². The van der Waals surface area contributed by atoms with E-state index in [1.165, 1.54) is 12.8 Å². The van der Waals surface area contributed by atoms with Gasteiger partial charge in [0.25, 0.3) is 16.0 Å². The predicted molar refractivity (Wildman–Crippen MR) is 185 cm³/mol. The number of hydrogen-bond donors (Lipinski definition) is 1. The van der Waals surface area contributed by atoms with E-state index in [1.807, 2.05) is 32.9 Å². The molecule has 12 heteroatoms. The normalized spacial score (nSPS) is 17.3. The van der Waals surface area contributed by atoms with Crippen LogP contribution in [-0.2, 0) is 32.0 Å². The highest BCUT2D eigenvalue weighted by Gasteiger charge is 2.30. The largest absolute Gasteiger partial charge is 0.496 e. The van der Waals surface area contributed by atoms with Crippen molar-refractivity contribution >= 4 is 54.4 Å². The van der Waals surface area contributed by atoms with Gasteiger partial charge in [-0.15, -0.1) is 11.3 Å². The molecule has 1 aliphatic carbocycles. The number of hydrogen-bond acceptors (Lipinski definition) is 8. The van der Waals surface area contributed by atoms with Gasteiger partial charge in [-0.1, -0.05) is 18.2 Å². The number of methoxy groups -OCH3 is 1. The number of alkyl carbamates (subject to hydrolysis) is 1. The van der Waals surface area contributed by atoms with Crippen LogP contribution < -0.4 is 10.1 Å². The van der Waals surface area contributed by atoms with Crippen molar-refractivity contribution < 1.29 is 31.7 Å². The Morgan fingerprint density at radius 1 is 1.09 bits per heavy atom. The zero-order valence-electron chi connectivity index (χ0n) is 27.6. The van der Waals surface area contributed by atoms with Gasteiger partial charge in [0.15, 0.2) is 0 Å². The van der Waals surface area contributed by atoms with Gasteiger partial charge in [-0.3, -0.25) is 8.98 Å². The molecule has 2 aliphatic rings. The number of carbonyl (C=O) groups is 2. The number of likely N-dealkylation sites (tertiary alicyclic amines) is 1. The molecule has 252 valence electrons. The van der Waals surface area contributed by atoms with Gasteiger partial charge in [0.2, 0.25) is 0 Å². The fraction of sp³-hybridized carbons (Fsp3) is 0.486. The molecule has 3 heterocycles. The number of rotatable bonds is 10. The zero-order chi connectivity index (χ0) is 33.5. The van der Waals surface area contributed by atoms with Crippen LogP contribution >= 0.6 is 11.3 Å². The van der Waals surface area contributed by atoms with Crippen LogP contribution in [0.2, 0.25) is 0 Å². The number of amides is 2. The van der Waals surface area contributed by atoms with E-state index >= 15 is 0 Å². The molecule has 1 saturated heterocycles. The molecule has 1 aliphatic heterocycles. The Morgan fingerprint density at radius 3 is 2.55 bits per heavy atom. The van der Waals surface area contributed by atoms with Crippen molar-refractivity contribution in [2.75, 3.05) is 33.1 Å². The summed E-state index contributed by atoms with van der Waals surface area (Å²) < 4.78 is 43.6. The molecule has 6 rings (SSSR count). The van der Waals surface area contributed by atoms with E-state index in [1.54, 1.807) is 29.4 Å². The minimum atomic E-state index is -3.63. The first-order valence-electron chi connectivity index (χ1n) is 16.1. The number of nitrogens with one attached hydrogen (secondary N) is 1. The van der Waals surface area contributed by atoms with Gasteiger partial charge in [0.05, 0.1) is 30.5 Å². The van der Waals surface area contributed by atoms with E-state index in [9.17, 15) is 18.0 Å². The smallest absolute Gasteiger partial charge is 0.407 e. The average Bonchev–Trinajstić information content (AvgIpc) is 3.65. The summed E-state index contributed by atoms with van der Waals surface area (Å²) in [7, 11) is -2.04. The van der Waals surface area contributed by atoms with Crippen LogP contribution in [0.4, 0.5) is 4.79 Å². The lowest BCUT2D eigenvalue weighted by atomic mass is 10.0. The standard InChI is InChI=1S/C35H43N3O7S2/c1-35(2,3)45-34(40)36-25-10-8-15-37(21-25)33(39)24-18-29(43-4)31-26(14-16-44-47(5,41)42)32(46-30(31)19-24)28-17-23-9-6-7-11-27(23)38(28)20-22-12-13-22/h6-7,9,11,17-19,22,25H,8,10,12-16,20-21H2,1-5H3,(H,36,40). The maximum atomic E-state index is 14.0. The maximum Gasteiger partial charge on any atom is 0.407 e. The summed E-state index contributed by atoms with van der Waals surface area (Å²) in [6.07, 6.45) is 4.84. The minimum absolute atomic E-state index is 0.00975. The van der Waals surface area contributed by atoms with Crippen molar-refractivity contribution in [3.8, 4) is 16.3 Å². The maximum absolute atomic E-state index is 14.0. The van der Waals surface area contributed by atoms with Gasteiger partial charge < -0.3 is 24.3 Å². The van der Waals surface area contributed by atoms with Crippen LogP contribution in [0.5, 0.6) is 5.75 Å². The number of aromatic nitrogens is 1. The first kappa shape index (κ1) is 33.3. The second-order valence-electron chi connectivity index (χ2n) is 13.6. The molecule has 10 nitrogen and oxygen atoms in total. The molecule has 47 heavy (non-hydrogen) atoms. The van der Waals surface area contributed by atoms with Crippen molar-refractivity contribution in [1.82, 2.24) is 14.8 Å². The fourth-order valence-electron chi connectivity index (χ4n) is 6.37. The number of nitrogens with zero attached hydrogens (tertiary/aromatic N) is 2. The van der Waals surface area contributed by atoms with Crippen LogP contribution in [0.1, 0.15) is 62.4 Å². The zero-order valence-corrected chi connectivity index (χ0v) is 29.3. The second kappa shape index (κ2) is 13.1. The van der Waals surface area contributed by atoms with E-state index in [2.05, 4.69) is 34.1 Å². The van der Waals surface area contributed by atoms with Crippen molar-refractivity contribution in [1.29, 1.82) is 0 Å². The van der Waals surface area contributed by atoms with Crippen LogP contribution in [0.3, 0.4) is 0 Å². The SMILES string of the molecule is COc1cc(C(=O)N2CCCC(NC(=O)OC(C)(C)C)C2)cc2sc(-c3cc4ccccc4n3CC3CC3)c(CCOS(C)(=O)=O)c12. The number of piperidine rings is 1. The Kier molecular flexibility index (Phi) is 9.30. The summed E-state index contributed by atoms with van der Waals surface area (Å²) in [5.41, 5.74) is 3.05. The van der Waals surface area contributed by atoms with Crippen LogP contribution in [0.15, 0.2) is 42.5 Å². The van der Waals surface area contributed by atoms with E-state index in [0.717, 1.165) is 62.8 Å². The summed E-state index contributed by atoms with van der Waals surface area (Å²) >= 11 is 1.58. The quantitative estimate of drug-likeness (QED) is 0.188. The van der Waals surface area contributed by atoms with E-state index in [0.29, 0.717) is 36.7 Å². The highest BCUT2D eigenvalue weighted by atomic mass is 32.2. The number of benzene rings is 2. The van der Waals surface area contributed by atoms with Gasteiger partial charge in [-0.25, -0.2) is 4.79 Å². The Morgan fingerprint density at radius 2 is 1.85 bits per heavy atom. The second-order valence-corrected chi connectivity index (χ2v) is 16.3. The summed E-state index contributed by atoms with van der Waals surface area (Å²) in [5.74, 6) is 1.04. The average molecular weight is 682 g/mol. The topological polar surface area (TPSA) is 116 Å². The number of thiophene rings is 1. The Hall–Kier alpha value is -3.61.